The molecule has 3 rings (SSSR count). The topological polar surface area (TPSA) is 50.2 Å². The van der Waals surface area contributed by atoms with E-state index in [2.05, 4.69) is 53.4 Å². The molecule has 2 atom stereocenters. The SMILES string of the molecule is Cc1cc(C)n(CC(=O)NCc2ccc(CN3C[C@H](C)C[C@@H](C)C3)cc2)n1. The first kappa shape index (κ1) is 19.6. The quantitative estimate of drug-likeness (QED) is 0.851. The summed E-state index contributed by atoms with van der Waals surface area (Å²) in [5.74, 6) is 1.55. The van der Waals surface area contributed by atoms with Gasteiger partial charge in [-0.2, -0.15) is 5.10 Å². The number of carbonyl (C=O) groups is 1. The Labute approximate surface area is 162 Å². The third-order valence-corrected chi connectivity index (χ3v) is 5.26. The summed E-state index contributed by atoms with van der Waals surface area (Å²) in [5, 5.41) is 7.32. The maximum atomic E-state index is 12.2. The number of piperidine rings is 1. The van der Waals surface area contributed by atoms with Crippen molar-refractivity contribution in [1.82, 2.24) is 20.0 Å². The summed E-state index contributed by atoms with van der Waals surface area (Å²) in [5.41, 5.74) is 4.41. The van der Waals surface area contributed by atoms with E-state index in [1.165, 1.54) is 25.1 Å². The number of aryl methyl sites for hydroxylation is 2. The summed E-state index contributed by atoms with van der Waals surface area (Å²) in [4.78, 5) is 14.7. The van der Waals surface area contributed by atoms with Crippen molar-refractivity contribution >= 4 is 5.91 Å². The zero-order valence-corrected chi connectivity index (χ0v) is 17.0. The summed E-state index contributed by atoms with van der Waals surface area (Å²) in [6, 6.07) is 10.6. The molecule has 0 radical (unpaired) electrons. The molecule has 1 aliphatic rings. The first-order valence-corrected chi connectivity index (χ1v) is 9.97. The van der Waals surface area contributed by atoms with E-state index < -0.39 is 0 Å². The highest BCUT2D eigenvalue weighted by Gasteiger charge is 2.21. The normalized spacial score (nSPS) is 20.6. The van der Waals surface area contributed by atoms with Gasteiger partial charge in [-0.25, -0.2) is 0 Å². The molecule has 1 saturated heterocycles. The number of rotatable bonds is 6. The number of carbonyl (C=O) groups excluding carboxylic acids is 1. The summed E-state index contributed by atoms with van der Waals surface area (Å²) < 4.78 is 1.74. The van der Waals surface area contributed by atoms with Gasteiger partial charge >= 0.3 is 0 Å². The molecule has 5 heteroatoms. The largest absolute Gasteiger partial charge is 0.350 e. The zero-order valence-electron chi connectivity index (χ0n) is 17.0. The molecule has 1 fully saturated rings. The van der Waals surface area contributed by atoms with Crippen molar-refractivity contribution in [1.29, 1.82) is 0 Å². The average Bonchev–Trinajstić information content (AvgIpc) is 2.90. The van der Waals surface area contributed by atoms with Gasteiger partial charge in [0.15, 0.2) is 0 Å². The van der Waals surface area contributed by atoms with Crippen LogP contribution in [0.3, 0.4) is 0 Å². The van der Waals surface area contributed by atoms with E-state index in [-0.39, 0.29) is 12.5 Å². The van der Waals surface area contributed by atoms with Crippen LogP contribution in [-0.2, 0) is 24.4 Å². The second-order valence-electron chi connectivity index (χ2n) is 8.32. The molecular formula is C22H32N4O. The van der Waals surface area contributed by atoms with Gasteiger partial charge in [-0.1, -0.05) is 38.1 Å². The van der Waals surface area contributed by atoms with E-state index >= 15 is 0 Å². The summed E-state index contributed by atoms with van der Waals surface area (Å²) >= 11 is 0. The van der Waals surface area contributed by atoms with Crippen LogP contribution in [0.25, 0.3) is 0 Å². The van der Waals surface area contributed by atoms with Crippen molar-refractivity contribution in [2.75, 3.05) is 13.1 Å². The molecule has 2 aromatic rings. The average molecular weight is 369 g/mol. The van der Waals surface area contributed by atoms with Gasteiger partial charge < -0.3 is 5.32 Å². The monoisotopic (exact) mass is 368 g/mol. The number of hydrogen-bond acceptors (Lipinski definition) is 3. The summed E-state index contributed by atoms with van der Waals surface area (Å²) in [6.45, 7) is 12.8. The molecule has 0 bridgehead atoms. The molecule has 1 aliphatic heterocycles. The third-order valence-electron chi connectivity index (χ3n) is 5.26. The zero-order chi connectivity index (χ0) is 19.4. The van der Waals surface area contributed by atoms with Crippen LogP contribution in [0, 0.1) is 25.7 Å². The number of nitrogens with one attached hydrogen (secondary N) is 1. The predicted molar refractivity (Wildman–Crippen MR) is 108 cm³/mol. The number of likely N-dealkylation sites (tertiary alicyclic amines) is 1. The number of aromatic nitrogens is 2. The number of nitrogens with zero attached hydrogens (tertiary/aromatic N) is 3. The lowest BCUT2D eigenvalue weighted by atomic mass is 9.91. The number of benzene rings is 1. The molecule has 0 saturated carbocycles. The molecule has 27 heavy (non-hydrogen) atoms. The van der Waals surface area contributed by atoms with Gasteiger partial charge in [0, 0.05) is 31.9 Å². The summed E-state index contributed by atoms with van der Waals surface area (Å²) in [7, 11) is 0. The molecular weight excluding hydrogens is 336 g/mol. The molecule has 0 spiro atoms. The van der Waals surface area contributed by atoms with Gasteiger partial charge in [-0.05, 0) is 49.3 Å². The number of amides is 1. The minimum absolute atomic E-state index is 0.0124. The fourth-order valence-electron chi connectivity index (χ4n) is 4.17. The standard InChI is InChI=1S/C22H32N4O/c1-16-9-17(2)13-25(12-16)14-21-7-5-20(6-8-21)11-23-22(27)15-26-19(4)10-18(3)24-26/h5-8,10,16-17H,9,11-15H2,1-4H3,(H,23,27)/t16-,17-/m1/s1. The van der Waals surface area contributed by atoms with Crippen LogP contribution in [0.2, 0.25) is 0 Å². The van der Waals surface area contributed by atoms with Crippen LogP contribution in [0.15, 0.2) is 30.3 Å². The van der Waals surface area contributed by atoms with Crippen molar-refractivity contribution in [2.45, 2.75) is 53.8 Å². The molecule has 0 unspecified atom stereocenters. The first-order valence-electron chi connectivity index (χ1n) is 9.97. The Morgan fingerprint density at radius 2 is 1.74 bits per heavy atom. The van der Waals surface area contributed by atoms with Crippen molar-refractivity contribution in [3.05, 3.63) is 52.8 Å². The minimum Gasteiger partial charge on any atom is -0.350 e. The third kappa shape index (κ3) is 5.67. The Kier molecular flexibility index (Phi) is 6.32. The minimum atomic E-state index is -0.0124. The van der Waals surface area contributed by atoms with E-state index in [4.69, 9.17) is 0 Å². The Balaban J connectivity index is 1.47. The van der Waals surface area contributed by atoms with E-state index in [0.29, 0.717) is 6.54 Å². The fraction of sp³-hybridized carbons (Fsp3) is 0.545. The van der Waals surface area contributed by atoms with Crippen molar-refractivity contribution in [3.63, 3.8) is 0 Å². The fourth-order valence-corrected chi connectivity index (χ4v) is 4.17. The van der Waals surface area contributed by atoms with E-state index in [0.717, 1.165) is 35.3 Å². The highest BCUT2D eigenvalue weighted by Crippen LogP contribution is 2.22. The van der Waals surface area contributed by atoms with Gasteiger partial charge in [-0.15, -0.1) is 0 Å². The van der Waals surface area contributed by atoms with Crippen LogP contribution in [-0.4, -0.2) is 33.7 Å². The molecule has 1 aromatic carbocycles. The van der Waals surface area contributed by atoms with Crippen LogP contribution in [0.5, 0.6) is 0 Å². The van der Waals surface area contributed by atoms with Gasteiger partial charge in [0.2, 0.25) is 5.91 Å². The van der Waals surface area contributed by atoms with Gasteiger partial charge in [0.05, 0.1) is 5.69 Å². The molecule has 146 valence electrons. The van der Waals surface area contributed by atoms with Crippen LogP contribution in [0.4, 0.5) is 0 Å². The van der Waals surface area contributed by atoms with E-state index in [9.17, 15) is 4.79 Å². The second-order valence-corrected chi connectivity index (χ2v) is 8.32. The predicted octanol–water partition coefficient (Wildman–Crippen LogP) is 3.29. The second kappa shape index (κ2) is 8.70. The summed E-state index contributed by atoms with van der Waals surface area (Å²) in [6.07, 6.45) is 1.34. The molecule has 0 aliphatic carbocycles. The van der Waals surface area contributed by atoms with Gasteiger partial charge in [0.1, 0.15) is 6.54 Å². The van der Waals surface area contributed by atoms with E-state index in [1.54, 1.807) is 4.68 Å². The molecule has 5 nitrogen and oxygen atoms in total. The Morgan fingerprint density at radius 1 is 1.11 bits per heavy atom. The van der Waals surface area contributed by atoms with Crippen LogP contribution >= 0.6 is 0 Å². The maximum absolute atomic E-state index is 12.2. The van der Waals surface area contributed by atoms with Gasteiger partial charge in [0.25, 0.3) is 0 Å². The smallest absolute Gasteiger partial charge is 0.242 e. The molecule has 1 N–H and O–H groups in total. The van der Waals surface area contributed by atoms with Crippen molar-refractivity contribution < 1.29 is 4.79 Å². The van der Waals surface area contributed by atoms with Gasteiger partial charge in [-0.3, -0.25) is 14.4 Å². The Morgan fingerprint density at radius 3 is 2.33 bits per heavy atom. The Bertz CT molecular complexity index is 755. The Hall–Kier alpha value is -2.14. The van der Waals surface area contributed by atoms with E-state index in [1.807, 2.05) is 19.9 Å². The van der Waals surface area contributed by atoms with Crippen molar-refractivity contribution in [3.8, 4) is 0 Å². The molecule has 1 aromatic heterocycles. The molecule has 1 amide bonds. The van der Waals surface area contributed by atoms with Crippen LogP contribution in [0.1, 0.15) is 42.8 Å². The molecule has 2 heterocycles. The maximum Gasteiger partial charge on any atom is 0.242 e. The van der Waals surface area contributed by atoms with Crippen LogP contribution < -0.4 is 5.32 Å². The lowest BCUT2D eigenvalue weighted by molar-refractivity contribution is -0.122. The highest BCUT2D eigenvalue weighted by atomic mass is 16.2. The highest BCUT2D eigenvalue weighted by molar-refractivity contribution is 5.75. The first-order chi connectivity index (χ1) is 12.9. The number of hydrogen-bond donors (Lipinski definition) is 1. The lowest BCUT2D eigenvalue weighted by Crippen LogP contribution is -2.38. The lowest BCUT2D eigenvalue weighted by Gasteiger charge is -2.35. The van der Waals surface area contributed by atoms with Crippen molar-refractivity contribution in [2.24, 2.45) is 11.8 Å².